The van der Waals surface area contributed by atoms with Crippen LogP contribution in [0.1, 0.15) is 24.0 Å². The predicted molar refractivity (Wildman–Crippen MR) is 96.7 cm³/mol. The molecule has 1 heterocycles. The number of nitrogens with zero attached hydrogens (tertiary/aromatic N) is 1. The minimum atomic E-state index is -3.57. The first kappa shape index (κ1) is 20.9. The van der Waals surface area contributed by atoms with E-state index in [1.54, 1.807) is 13.0 Å². The van der Waals surface area contributed by atoms with Crippen molar-refractivity contribution >= 4 is 28.3 Å². The van der Waals surface area contributed by atoms with Gasteiger partial charge in [-0.3, -0.25) is 4.79 Å². The molecular formula is C16H26ClN3O3S. The number of piperidine rings is 1. The zero-order chi connectivity index (χ0) is 17.0. The molecule has 0 aliphatic carbocycles. The summed E-state index contributed by atoms with van der Waals surface area (Å²) in [4.78, 5) is 12.4. The van der Waals surface area contributed by atoms with Crippen LogP contribution in [0.5, 0.6) is 0 Å². The van der Waals surface area contributed by atoms with Gasteiger partial charge in [0.1, 0.15) is 0 Å². The number of halogens is 1. The van der Waals surface area contributed by atoms with Crippen molar-refractivity contribution in [3.05, 3.63) is 29.3 Å². The first-order valence-corrected chi connectivity index (χ1v) is 9.35. The van der Waals surface area contributed by atoms with E-state index in [1.165, 1.54) is 4.31 Å². The number of hydrogen-bond donors (Lipinski definition) is 2. The van der Waals surface area contributed by atoms with E-state index in [0.29, 0.717) is 37.4 Å². The van der Waals surface area contributed by atoms with Crippen LogP contribution < -0.4 is 11.1 Å². The Balaban J connectivity index is 0.00000288. The number of hydrogen-bond acceptors (Lipinski definition) is 4. The molecule has 0 aromatic heterocycles. The maximum absolute atomic E-state index is 12.9. The minimum absolute atomic E-state index is 0. The second kappa shape index (κ2) is 8.80. The first-order chi connectivity index (χ1) is 10.9. The van der Waals surface area contributed by atoms with Crippen LogP contribution in [-0.4, -0.2) is 44.8 Å². The molecule has 24 heavy (non-hydrogen) atoms. The fraction of sp³-hybridized carbons (Fsp3) is 0.562. The zero-order valence-corrected chi connectivity index (χ0v) is 15.8. The van der Waals surface area contributed by atoms with Gasteiger partial charge < -0.3 is 11.1 Å². The third-order valence-corrected chi connectivity index (χ3v) is 6.17. The standard InChI is InChI=1S/C16H25N3O3S.ClH/c1-12-5-6-13(2)15(10-12)23(21,22)19-9-3-4-14(11-19)16(20)18-8-7-17;/h5-6,10,14H,3-4,7-9,11,17H2,1-2H3,(H,18,20);1H. The number of nitrogens with two attached hydrogens (primary N) is 1. The molecule has 1 unspecified atom stereocenters. The average Bonchev–Trinajstić information content (AvgIpc) is 2.54. The molecule has 2 rings (SSSR count). The first-order valence-electron chi connectivity index (χ1n) is 7.91. The number of rotatable bonds is 5. The topological polar surface area (TPSA) is 92.5 Å². The van der Waals surface area contributed by atoms with E-state index in [2.05, 4.69) is 5.32 Å². The summed E-state index contributed by atoms with van der Waals surface area (Å²) in [5, 5.41) is 2.75. The number of carbonyl (C=O) groups excluding carboxylic acids is 1. The molecule has 6 nitrogen and oxygen atoms in total. The van der Waals surface area contributed by atoms with Gasteiger partial charge in [-0.25, -0.2) is 8.42 Å². The van der Waals surface area contributed by atoms with E-state index >= 15 is 0 Å². The Morgan fingerprint density at radius 2 is 2.08 bits per heavy atom. The number of nitrogens with one attached hydrogen (secondary N) is 1. The molecule has 8 heteroatoms. The number of carbonyl (C=O) groups is 1. The minimum Gasteiger partial charge on any atom is -0.355 e. The molecule has 0 spiro atoms. The molecule has 0 radical (unpaired) electrons. The predicted octanol–water partition coefficient (Wildman–Crippen LogP) is 1.20. The van der Waals surface area contributed by atoms with Gasteiger partial charge in [-0.15, -0.1) is 12.4 Å². The summed E-state index contributed by atoms with van der Waals surface area (Å²) in [6.07, 6.45) is 1.39. The Hall–Kier alpha value is -1.15. The Morgan fingerprint density at radius 1 is 1.38 bits per heavy atom. The van der Waals surface area contributed by atoms with Gasteiger partial charge in [-0.05, 0) is 43.9 Å². The lowest BCUT2D eigenvalue weighted by Gasteiger charge is -2.31. The highest BCUT2D eigenvalue weighted by atomic mass is 35.5. The van der Waals surface area contributed by atoms with Crippen LogP contribution in [0, 0.1) is 19.8 Å². The molecule has 1 atom stereocenters. The van der Waals surface area contributed by atoms with Gasteiger partial charge in [0, 0.05) is 26.2 Å². The van der Waals surface area contributed by atoms with Crippen LogP contribution in [0.3, 0.4) is 0 Å². The van der Waals surface area contributed by atoms with Crippen molar-refractivity contribution in [1.82, 2.24) is 9.62 Å². The van der Waals surface area contributed by atoms with Gasteiger partial charge in [0.15, 0.2) is 0 Å². The van der Waals surface area contributed by atoms with Gasteiger partial charge in [0.05, 0.1) is 10.8 Å². The normalized spacial score (nSPS) is 18.7. The van der Waals surface area contributed by atoms with Crippen LogP contribution in [-0.2, 0) is 14.8 Å². The summed E-state index contributed by atoms with van der Waals surface area (Å²) in [6, 6.07) is 5.41. The summed E-state index contributed by atoms with van der Waals surface area (Å²) in [5.74, 6) is -0.425. The maximum Gasteiger partial charge on any atom is 0.243 e. The summed E-state index contributed by atoms with van der Waals surface area (Å²) in [7, 11) is -3.57. The number of amides is 1. The van der Waals surface area contributed by atoms with Crippen molar-refractivity contribution < 1.29 is 13.2 Å². The summed E-state index contributed by atoms with van der Waals surface area (Å²) >= 11 is 0. The van der Waals surface area contributed by atoms with Crippen molar-refractivity contribution in [3.8, 4) is 0 Å². The Morgan fingerprint density at radius 3 is 2.75 bits per heavy atom. The SMILES string of the molecule is Cc1ccc(C)c(S(=O)(=O)N2CCCC(C(=O)NCCN)C2)c1.Cl. The molecule has 1 aliphatic rings. The molecule has 1 saturated heterocycles. The Bertz CT molecular complexity index is 679. The summed E-state index contributed by atoms with van der Waals surface area (Å²) < 4.78 is 27.3. The zero-order valence-electron chi connectivity index (χ0n) is 14.1. The van der Waals surface area contributed by atoms with E-state index < -0.39 is 10.0 Å². The highest BCUT2D eigenvalue weighted by Crippen LogP contribution is 2.26. The smallest absolute Gasteiger partial charge is 0.243 e. The molecule has 1 aliphatic heterocycles. The highest BCUT2D eigenvalue weighted by molar-refractivity contribution is 7.89. The molecule has 0 saturated carbocycles. The lowest BCUT2D eigenvalue weighted by Crippen LogP contribution is -2.46. The Labute approximate surface area is 150 Å². The van der Waals surface area contributed by atoms with Crippen LogP contribution >= 0.6 is 12.4 Å². The average molecular weight is 376 g/mol. The van der Waals surface area contributed by atoms with Gasteiger partial charge in [-0.1, -0.05) is 12.1 Å². The maximum atomic E-state index is 12.9. The highest BCUT2D eigenvalue weighted by Gasteiger charge is 2.33. The van der Waals surface area contributed by atoms with Crippen LogP contribution in [0.2, 0.25) is 0 Å². The number of sulfonamides is 1. The van der Waals surface area contributed by atoms with E-state index in [-0.39, 0.29) is 30.8 Å². The molecule has 136 valence electrons. The second-order valence-corrected chi connectivity index (χ2v) is 7.96. The lowest BCUT2D eigenvalue weighted by molar-refractivity contribution is -0.126. The van der Waals surface area contributed by atoms with Crippen molar-refractivity contribution in [2.45, 2.75) is 31.6 Å². The monoisotopic (exact) mass is 375 g/mol. The third kappa shape index (κ3) is 4.69. The van der Waals surface area contributed by atoms with Crippen molar-refractivity contribution in [1.29, 1.82) is 0 Å². The van der Waals surface area contributed by atoms with Gasteiger partial charge in [-0.2, -0.15) is 4.31 Å². The fourth-order valence-electron chi connectivity index (χ4n) is 2.84. The third-order valence-electron chi connectivity index (χ3n) is 4.16. The number of benzene rings is 1. The lowest BCUT2D eigenvalue weighted by atomic mass is 9.99. The van der Waals surface area contributed by atoms with E-state index in [4.69, 9.17) is 5.73 Å². The van der Waals surface area contributed by atoms with Crippen molar-refractivity contribution in [2.75, 3.05) is 26.2 Å². The van der Waals surface area contributed by atoms with Crippen LogP contribution in [0.15, 0.2) is 23.1 Å². The van der Waals surface area contributed by atoms with Gasteiger partial charge in [0.2, 0.25) is 15.9 Å². The molecule has 0 bridgehead atoms. The number of aryl methyl sites for hydroxylation is 2. The van der Waals surface area contributed by atoms with E-state index in [0.717, 1.165) is 11.1 Å². The summed E-state index contributed by atoms with van der Waals surface area (Å²) in [6.45, 7) is 5.14. The van der Waals surface area contributed by atoms with Crippen LogP contribution in [0.4, 0.5) is 0 Å². The Kier molecular flexibility index (Phi) is 7.66. The molecular weight excluding hydrogens is 350 g/mol. The van der Waals surface area contributed by atoms with Crippen molar-refractivity contribution in [2.24, 2.45) is 11.7 Å². The van der Waals surface area contributed by atoms with Gasteiger partial charge in [0.25, 0.3) is 0 Å². The molecule has 1 amide bonds. The molecule has 1 aromatic rings. The molecule has 1 aromatic carbocycles. The van der Waals surface area contributed by atoms with E-state index in [9.17, 15) is 13.2 Å². The second-order valence-electron chi connectivity index (χ2n) is 6.05. The largest absolute Gasteiger partial charge is 0.355 e. The summed E-state index contributed by atoms with van der Waals surface area (Å²) in [5.41, 5.74) is 7.02. The molecule has 3 N–H and O–H groups in total. The quantitative estimate of drug-likeness (QED) is 0.808. The van der Waals surface area contributed by atoms with Crippen molar-refractivity contribution in [3.63, 3.8) is 0 Å². The molecule has 1 fully saturated rings. The van der Waals surface area contributed by atoms with E-state index in [1.807, 2.05) is 19.1 Å². The van der Waals surface area contributed by atoms with Crippen LogP contribution in [0.25, 0.3) is 0 Å². The fourth-order valence-corrected chi connectivity index (χ4v) is 4.67. The van der Waals surface area contributed by atoms with Gasteiger partial charge >= 0.3 is 0 Å².